The Morgan fingerprint density at radius 1 is 1.37 bits per heavy atom. The molecule has 98 valence electrons. The summed E-state index contributed by atoms with van der Waals surface area (Å²) in [6.07, 6.45) is 4.29. The van der Waals surface area contributed by atoms with Gasteiger partial charge in [0.15, 0.2) is 0 Å². The third kappa shape index (κ3) is 3.88. The number of anilines is 1. The maximum Gasteiger partial charge on any atom is 0.293 e. The summed E-state index contributed by atoms with van der Waals surface area (Å²) in [6, 6.07) is 9.01. The summed E-state index contributed by atoms with van der Waals surface area (Å²) in [5.41, 5.74) is 1.76. The van der Waals surface area contributed by atoms with E-state index < -0.39 is 0 Å². The molecule has 0 atom stereocenters. The number of nitrogens with one attached hydrogen (secondary N) is 1. The second-order valence-electron chi connectivity index (χ2n) is 3.96. The van der Waals surface area contributed by atoms with E-state index in [9.17, 15) is 10.1 Å². The summed E-state index contributed by atoms with van der Waals surface area (Å²) in [5.74, 6) is 0. The lowest BCUT2D eigenvalue weighted by molar-refractivity contribution is -0.384. The third-order valence-corrected chi connectivity index (χ3v) is 3.28. The summed E-state index contributed by atoms with van der Waals surface area (Å²) < 4.78 is 0.849. The number of nitrogens with zero attached hydrogens (tertiary/aromatic N) is 2. The lowest BCUT2D eigenvalue weighted by atomic mass is 10.2. The molecule has 0 aliphatic rings. The molecule has 0 saturated carbocycles. The quantitative estimate of drug-likeness (QED) is 0.499. The standard InChI is InChI=1S/C13H12IN3O2/c14-11-3-4-12(13(8-11)17(18)19)16-7-5-10-2-1-6-15-9-10/h1-4,6,8-9,16H,5,7H2. The molecule has 0 amide bonds. The van der Waals surface area contributed by atoms with Crippen molar-refractivity contribution in [2.75, 3.05) is 11.9 Å². The molecule has 1 aromatic heterocycles. The number of nitro benzene ring substituents is 1. The number of benzene rings is 1. The highest BCUT2D eigenvalue weighted by atomic mass is 127. The minimum absolute atomic E-state index is 0.109. The van der Waals surface area contributed by atoms with Crippen molar-refractivity contribution in [1.29, 1.82) is 0 Å². The van der Waals surface area contributed by atoms with E-state index in [0.29, 0.717) is 12.2 Å². The highest BCUT2D eigenvalue weighted by Gasteiger charge is 2.13. The van der Waals surface area contributed by atoms with Crippen molar-refractivity contribution in [3.63, 3.8) is 0 Å². The van der Waals surface area contributed by atoms with E-state index in [-0.39, 0.29) is 10.6 Å². The van der Waals surface area contributed by atoms with Crippen LogP contribution in [0.2, 0.25) is 0 Å². The number of hydrogen-bond acceptors (Lipinski definition) is 4. The Labute approximate surface area is 124 Å². The van der Waals surface area contributed by atoms with Crippen LogP contribution < -0.4 is 5.32 Å². The Morgan fingerprint density at radius 3 is 2.89 bits per heavy atom. The van der Waals surface area contributed by atoms with Crippen LogP contribution in [0.3, 0.4) is 0 Å². The molecule has 0 bridgehead atoms. The zero-order valence-electron chi connectivity index (χ0n) is 10.0. The first-order valence-corrected chi connectivity index (χ1v) is 6.81. The second kappa shape index (κ2) is 6.46. The van der Waals surface area contributed by atoms with Crippen molar-refractivity contribution in [3.05, 3.63) is 62.0 Å². The van der Waals surface area contributed by atoms with Crippen molar-refractivity contribution in [3.8, 4) is 0 Å². The lowest BCUT2D eigenvalue weighted by Gasteiger charge is -2.07. The highest BCUT2D eigenvalue weighted by Crippen LogP contribution is 2.26. The number of halogens is 1. The van der Waals surface area contributed by atoms with Crippen molar-refractivity contribution < 1.29 is 4.92 Å². The fourth-order valence-corrected chi connectivity index (χ4v) is 2.17. The maximum absolute atomic E-state index is 11.0. The van der Waals surface area contributed by atoms with Crippen LogP contribution in [0.4, 0.5) is 11.4 Å². The Morgan fingerprint density at radius 2 is 2.21 bits per heavy atom. The number of nitro groups is 1. The summed E-state index contributed by atoms with van der Waals surface area (Å²) in [5, 5.41) is 14.1. The molecule has 1 heterocycles. The molecule has 2 rings (SSSR count). The van der Waals surface area contributed by atoms with Gasteiger partial charge in [0.25, 0.3) is 5.69 Å². The molecular formula is C13H12IN3O2. The van der Waals surface area contributed by atoms with Gasteiger partial charge in [-0.15, -0.1) is 0 Å². The van der Waals surface area contributed by atoms with Gasteiger partial charge in [-0.05, 0) is 52.8 Å². The molecule has 0 unspecified atom stereocenters. The van der Waals surface area contributed by atoms with Crippen LogP contribution in [0, 0.1) is 13.7 Å². The number of rotatable bonds is 5. The van der Waals surface area contributed by atoms with Crippen LogP contribution in [0.25, 0.3) is 0 Å². The first kappa shape index (κ1) is 13.7. The van der Waals surface area contributed by atoms with Gasteiger partial charge in [-0.1, -0.05) is 6.07 Å². The molecule has 6 heteroatoms. The molecule has 0 spiro atoms. The molecule has 0 aliphatic carbocycles. The Bertz CT molecular complexity index is 575. The van der Waals surface area contributed by atoms with E-state index in [0.717, 1.165) is 15.6 Å². The van der Waals surface area contributed by atoms with Crippen LogP contribution in [0.1, 0.15) is 5.56 Å². The van der Waals surface area contributed by atoms with Crippen LogP contribution in [0.15, 0.2) is 42.7 Å². The number of pyridine rings is 1. The Balaban J connectivity index is 2.02. The van der Waals surface area contributed by atoms with E-state index in [1.165, 1.54) is 0 Å². The van der Waals surface area contributed by atoms with Crippen LogP contribution in [0.5, 0.6) is 0 Å². The largest absolute Gasteiger partial charge is 0.379 e. The van der Waals surface area contributed by atoms with Gasteiger partial charge in [0.05, 0.1) is 4.92 Å². The van der Waals surface area contributed by atoms with Gasteiger partial charge in [-0.2, -0.15) is 0 Å². The highest BCUT2D eigenvalue weighted by molar-refractivity contribution is 14.1. The predicted octanol–water partition coefficient (Wildman–Crippen LogP) is 3.25. The van der Waals surface area contributed by atoms with Crippen LogP contribution in [-0.2, 0) is 6.42 Å². The molecule has 19 heavy (non-hydrogen) atoms. The fourth-order valence-electron chi connectivity index (χ4n) is 1.69. The first-order chi connectivity index (χ1) is 9.16. The van der Waals surface area contributed by atoms with Gasteiger partial charge in [0.1, 0.15) is 5.69 Å². The second-order valence-corrected chi connectivity index (χ2v) is 5.20. The molecule has 0 fully saturated rings. The van der Waals surface area contributed by atoms with E-state index in [2.05, 4.69) is 32.9 Å². The molecule has 0 aliphatic heterocycles. The third-order valence-electron chi connectivity index (χ3n) is 2.61. The molecule has 0 radical (unpaired) electrons. The normalized spacial score (nSPS) is 10.2. The predicted molar refractivity (Wildman–Crippen MR) is 82.2 cm³/mol. The summed E-state index contributed by atoms with van der Waals surface area (Å²) in [4.78, 5) is 14.6. The number of hydrogen-bond donors (Lipinski definition) is 1. The van der Waals surface area contributed by atoms with Crippen molar-refractivity contribution in [2.24, 2.45) is 0 Å². The van der Waals surface area contributed by atoms with Crippen molar-refractivity contribution >= 4 is 34.0 Å². The maximum atomic E-state index is 11.0. The van der Waals surface area contributed by atoms with Gasteiger partial charge < -0.3 is 5.32 Å². The summed E-state index contributed by atoms with van der Waals surface area (Å²) >= 11 is 2.06. The van der Waals surface area contributed by atoms with E-state index in [1.807, 2.05) is 18.2 Å². The minimum atomic E-state index is -0.367. The lowest BCUT2D eigenvalue weighted by Crippen LogP contribution is -2.07. The molecule has 1 N–H and O–H groups in total. The molecule has 2 aromatic rings. The monoisotopic (exact) mass is 369 g/mol. The van der Waals surface area contributed by atoms with Crippen LogP contribution in [-0.4, -0.2) is 16.5 Å². The fraction of sp³-hybridized carbons (Fsp3) is 0.154. The Hall–Kier alpha value is -1.70. The van der Waals surface area contributed by atoms with Gasteiger partial charge in [-0.3, -0.25) is 15.1 Å². The van der Waals surface area contributed by atoms with Gasteiger partial charge >= 0.3 is 0 Å². The van der Waals surface area contributed by atoms with E-state index in [4.69, 9.17) is 0 Å². The Kier molecular flexibility index (Phi) is 4.67. The van der Waals surface area contributed by atoms with E-state index in [1.54, 1.807) is 24.5 Å². The molecule has 1 aromatic carbocycles. The summed E-state index contributed by atoms with van der Waals surface area (Å²) in [6.45, 7) is 0.632. The molecule has 5 nitrogen and oxygen atoms in total. The SMILES string of the molecule is O=[N+]([O-])c1cc(I)ccc1NCCc1cccnc1. The zero-order chi connectivity index (χ0) is 13.7. The van der Waals surface area contributed by atoms with E-state index >= 15 is 0 Å². The van der Waals surface area contributed by atoms with Gasteiger partial charge in [0, 0.05) is 28.6 Å². The minimum Gasteiger partial charge on any atom is -0.379 e. The molecule has 0 saturated heterocycles. The van der Waals surface area contributed by atoms with Gasteiger partial charge in [-0.25, -0.2) is 0 Å². The average molecular weight is 369 g/mol. The number of aromatic nitrogens is 1. The van der Waals surface area contributed by atoms with Crippen LogP contribution >= 0.6 is 22.6 Å². The smallest absolute Gasteiger partial charge is 0.293 e. The van der Waals surface area contributed by atoms with Gasteiger partial charge in [0.2, 0.25) is 0 Å². The topological polar surface area (TPSA) is 68.1 Å². The zero-order valence-corrected chi connectivity index (χ0v) is 12.2. The average Bonchev–Trinajstić information content (AvgIpc) is 2.41. The summed E-state index contributed by atoms with van der Waals surface area (Å²) in [7, 11) is 0. The van der Waals surface area contributed by atoms with Crippen molar-refractivity contribution in [2.45, 2.75) is 6.42 Å². The van der Waals surface area contributed by atoms with Crippen molar-refractivity contribution in [1.82, 2.24) is 4.98 Å². The molecular weight excluding hydrogens is 357 g/mol. The first-order valence-electron chi connectivity index (χ1n) is 5.73.